The Kier molecular flexibility index (Phi) is 6.29. The summed E-state index contributed by atoms with van der Waals surface area (Å²) in [4.78, 5) is 22.9. The maximum absolute atomic E-state index is 12.2. The topological polar surface area (TPSA) is 96.9 Å². The van der Waals surface area contributed by atoms with Gasteiger partial charge in [-0.3, -0.25) is 0 Å². The highest BCUT2D eigenvalue weighted by atomic mass is 19.4. The van der Waals surface area contributed by atoms with Crippen molar-refractivity contribution in [3.05, 3.63) is 78.4 Å². The second-order valence-corrected chi connectivity index (χ2v) is 6.11. The molecule has 0 atom stereocenters. The van der Waals surface area contributed by atoms with Crippen molar-refractivity contribution in [2.24, 2.45) is 0 Å². The summed E-state index contributed by atoms with van der Waals surface area (Å²) in [5.41, 5.74) is 0.861. The molecule has 3 aromatic rings. The first-order valence-corrected chi connectivity index (χ1v) is 8.73. The third-order valence-electron chi connectivity index (χ3n) is 3.79. The van der Waals surface area contributed by atoms with E-state index in [0.717, 1.165) is 12.1 Å². The molecule has 0 bridgehead atoms. The molecule has 0 spiro atoms. The third kappa shape index (κ3) is 6.67. The van der Waals surface area contributed by atoms with Crippen molar-refractivity contribution in [3.8, 4) is 17.2 Å². The molecule has 2 amide bonds. The molecule has 3 rings (SSSR count). The normalized spacial score (nSPS) is 10.8. The number of benzene rings is 3. The van der Waals surface area contributed by atoms with Crippen molar-refractivity contribution >= 4 is 23.4 Å². The van der Waals surface area contributed by atoms with Crippen LogP contribution in [-0.2, 0) is 0 Å². The van der Waals surface area contributed by atoms with Crippen LogP contribution in [0.4, 0.5) is 29.3 Å². The number of carboxylic acids is 1. The molecule has 0 aliphatic rings. The zero-order chi connectivity index (χ0) is 22.4. The van der Waals surface area contributed by atoms with E-state index >= 15 is 0 Å². The fourth-order valence-corrected chi connectivity index (χ4v) is 2.44. The van der Waals surface area contributed by atoms with Crippen LogP contribution < -0.4 is 20.1 Å². The number of carbonyl (C=O) groups excluding carboxylic acids is 1. The molecular weight excluding hydrogens is 417 g/mol. The standard InChI is InChI=1S/C21H15F3N2O5/c22-21(23,24)31-18-11-5-15(6-12-18)26-20(29)25-14-3-9-17(10-4-14)30-16-7-1-13(2-8-16)19(27)28/h1-12H,(H,27,28)(H2,25,26,29). The van der Waals surface area contributed by atoms with Crippen LogP contribution in [0.25, 0.3) is 0 Å². The summed E-state index contributed by atoms with van der Waals surface area (Å²) in [6.45, 7) is 0. The summed E-state index contributed by atoms with van der Waals surface area (Å²) in [6, 6.07) is 16.4. The molecule has 7 nitrogen and oxygen atoms in total. The molecule has 0 aromatic heterocycles. The molecule has 3 N–H and O–H groups in total. The number of aromatic carboxylic acids is 1. The van der Waals surface area contributed by atoms with Crippen LogP contribution in [0.5, 0.6) is 17.2 Å². The van der Waals surface area contributed by atoms with Crippen molar-refractivity contribution in [2.45, 2.75) is 6.36 Å². The lowest BCUT2D eigenvalue weighted by atomic mass is 10.2. The number of rotatable bonds is 6. The van der Waals surface area contributed by atoms with Gasteiger partial charge in [0.2, 0.25) is 0 Å². The van der Waals surface area contributed by atoms with E-state index in [-0.39, 0.29) is 11.3 Å². The van der Waals surface area contributed by atoms with Crippen molar-refractivity contribution in [1.82, 2.24) is 0 Å². The number of halogens is 3. The predicted octanol–water partition coefficient (Wildman–Crippen LogP) is 5.72. The Hall–Kier alpha value is -4.21. The van der Waals surface area contributed by atoms with E-state index in [0.29, 0.717) is 17.2 Å². The molecule has 3 aromatic carbocycles. The number of urea groups is 1. The molecule has 0 aliphatic heterocycles. The van der Waals surface area contributed by atoms with Crippen LogP contribution in [0.15, 0.2) is 72.8 Å². The van der Waals surface area contributed by atoms with Crippen LogP contribution in [-0.4, -0.2) is 23.5 Å². The van der Waals surface area contributed by atoms with E-state index in [9.17, 15) is 22.8 Å². The molecule has 0 heterocycles. The minimum absolute atomic E-state index is 0.139. The lowest BCUT2D eigenvalue weighted by molar-refractivity contribution is -0.274. The fourth-order valence-electron chi connectivity index (χ4n) is 2.44. The second-order valence-electron chi connectivity index (χ2n) is 6.11. The molecule has 0 radical (unpaired) electrons. The molecule has 0 unspecified atom stereocenters. The minimum atomic E-state index is -4.79. The number of amides is 2. The van der Waals surface area contributed by atoms with Gasteiger partial charge in [0, 0.05) is 11.4 Å². The van der Waals surface area contributed by atoms with E-state index in [4.69, 9.17) is 9.84 Å². The highest BCUT2D eigenvalue weighted by molar-refractivity contribution is 5.99. The van der Waals surface area contributed by atoms with Gasteiger partial charge in [-0.25, -0.2) is 9.59 Å². The van der Waals surface area contributed by atoms with Gasteiger partial charge in [0.25, 0.3) is 0 Å². The first-order chi connectivity index (χ1) is 14.7. The molecule has 0 saturated carbocycles. The summed E-state index contributed by atoms with van der Waals surface area (Å²) in [6.07, 6.45) is -4.79. The fraction of sp³-hybridized carbons (Fsp3) is 0.0476. The lowest BCUT2D eigenvalue weighted by Crippen LogP contribution is -2.19. The molecule has 0 aliphatic carbocycles. The Labute approximate surface area is 174 Å². The summed E-state index contributed by atoms with van der Waals surface area (Å²) < 4.78 is 45.8. The zero-order valence-corrected chi connectivity index (χ0v) is 15.6. The van der Waals surface area contributed by atoms with Crippen LogP contribution >= 0.6 is 0 Å². The smallest absolute Gasteiger partial charge is 0.478 e. The first-order valence-electron chi connectivity index (χ1n) is 8.73. The van der Waals surface area contributed by atoms with Gasteiger partial charge in [-0.1, -0.05) is 0 Å². The summed E-state index contributed by atoms with van der Waals surface area (Å²) in [5, 5.41) is 13.9. The quantitative estimate of drug-likeness (QED) is 0.463. The summed E-state index contributed by atoms with van der Waals surface area (Å²) >= 11 is 0. The molecule has 0 fully saturated rings. The average molecular weight is 432 g/mol. The van der Waals surface area contributed by atoms with Crippen molar-refractivity contribution in [3.63, 3.8) is 0 Å². The van der Waals surface area contributed by atoms with Crippen molar-refractivity contribution in [1.29, 1.82) is 0 Å². The number of hydrogen-bond donors (Lipinski definition) is 3. The van der Waals surface area contributed by atoms with E-state index in [2.05, 4.69) is 15.4 Å². The average Bonchev–Trinajstić information content (AvgIpc) is 2.70. The van der Waals surface area contributed by atoms with E-state index < -0.39 is 24.1 Å². The van der Waals surface area contributed by atoms with E-state index in [1.165, 1.54) is 36.4 Å². The van der Waals surface area contributed by atoms with Gasteiger partial charge in [-0.2, -0.15) is 0 Å². The van der Waals surface area contributed by atoms with Crippen LogP contribution in [0.3, 0.4) is 0 Å². The predicted molar refractivity (Wildman–Crippen MR) is 106 cm³/mol. The Bertz CT molecular complexity index is 1050. The van der Waals surface area contributed by atoms with Gasteiger partial charge in [0.05, 0.1) is 5.56 Å². The number of anilines is 2. The summed E-state index contributed by atoms with van der Waals surface area (Å²) in [5.74, 6) is -0.520. The number of nitrogens with one attached hydrogen (secondary N) is 2. The summed E-state index contributed by atoms with van der Waals surface area (Å²) in [7, 11) is 0. The Morgan fingerprint density at radius 2 is 1.13 bits per heavy atom. The van der Waals surface area contributed by atoms with E-state index in [1.54, 1.807) is 24.3 Å². The van der Waals surface area contributed by atoms with Crippen LogP contribution in [0.1, 0.15) is 10.4 Å². The third-order valence-corrected chi connectivity index (χ3v) is 3.79. The number of carbonyl (C=O) groups is 2. The molecular formula is C21H15F3N2O5. The SMILES string of the molecule is O=C(Nc1ccc(Oc2ccc(C(=O)O)cc2)cc1)Nc1ccc(OC(F)(F)F)cc1. The lowest BCUT2D eigenvalue weighted by Gasteiger charge is -2.11. The Balaban J connectivity index is 1.53. The number of carboxylic acid groups (broad SMARTS) is 1. The molecule has 160 valence electrons. The second kappa shape index (κ2) is 9.08. The van der Waals surface area contributed by atoms with Crippen LogP contribution in [0.2, 0.25) is 0 Å². The van der Waals surface area contributed by atoms with Crippen molar-refractivity contribution in [2.75, 3.05) is 10.6 Å². The Morgan fingerprint density at radius 1 is 0.710 bits per heavy atom. The highest BCUT2D eigenvalue weighted by Crippen LogP contribution is 2.25. The minimum Gasteiger partial charge on any atom is -0.478 e. The van der Waals surface area contributed by atoms with Crippen molar-refractivity contribution < 1.29 is 37.3 Å². The van der Waals surface area contributed by atoms with Gasteiger partial charge in [0.15, 0.2) is 0 Å². The zero-order valence-electron chi connectivity index (χ0n) is 15.6. The van der Waals surface area contributed by atoms with Gasteiger partial charge < -0.3 is 25.2 Å². The van der Waals surface area contributed by atoms with Gasteiger partial charge in [0.1, 0.15) is 17.2 Å². The first kappa shape index (κ1) is 21.5. The van der Waals surface area contributed by atoms with Crippen LogP contribution in [0, 0.1) is 0 Å². The van der Waals surface area contributed by atoms with Gasteiger partial charge >= 0.3 is 18.4 Å². The van der Waals surface area contributed by atoms with Gasteiger partial charge in [-0.15, -0.1) is 13.2 Å². The largest absolute Gasteiger partial charge is 0.573 e. The molecule has 0 saturated heterocycles. The molecule has 31 heavy (non-hydrogen) atoms. The maximum atomic E-state index is 12.2. The van der Waals surface area contributed by atoms with E-state index in [1.807, 2.05) is 0 Å². The highest BCUT2D eigenvalue weighted by Gasteiger charge is 2.30. The number of hydrogen-bond acceptors (Lipinski definition) is 4. The number of alkyl halides is 3. The monoisotopic (exact) mass is 432 g/mol. The molecule has 10 heteroatoms. The number of ether oxygens (including phenoxy) is 2. The van der Waals surface area contributed by atoms with Gasteiger partial charge in [-0.05, 0) is 72.8 Å². The Morgan fingerprint density at radius 3 is 1.55 bits per heavy atom. The maximum Gasteiger partial charge on any atom is 0.573 e.